The first-order chi connectivity index (χ1) is 21.9. The maximum Gasteiger partial charge on any atom is 0.219 e. The number of hydrogen-bond donors (Lipinski definition) is 1. The van der Waals surface area contributed by atoms with Gasteiger partial charge in [-0.3, -0.25) is 4.90 Å². The zero-order chi connectivity index (χ0) is 30.8. The summed E-state index contributed by atoms with van der Waals surface area (Å²) in [6.07, 6.45) is 11.1. The molecule has 0 unspecified atom stereocenters. The molecule has 3 saturated heterocycles. The molecule has 2 aliphatic carbocycles. The van der Waals surface area contributed by atoms with Crippen molar-refractivity contribution < 1.29 is 14.0 Å². The normalized spacial score (nSPS) is 28.4. The number of fused-ring (bicyclic) bond motifs is 4. The molecule has 4 atom stereocenters. The predicted molar refractivity (Wildman–Crippen MR) is 170 cm³/mol. The van der Waals surface area contributed by atoms with Gasteiger partial charge in [0.15, 0.2) is 17.3 Å². The number of nitrogens with zero attached hydrogens (tertiary/aromatic N) is 6. The van der Waals surface area contributed by atoms with E-state index in [-0.39, 0.29) is 11.7 Å². The minimum Gasteiger partial charge on any atom is -0.473 e. The average Bonchev–Trinajstić information content (AvgIpc) is 3.68. The van der Waals surface area contributed by atoms with Gasteiger partial charge in [0.25, 0.3) is 0 Å². The zero-order valence-corrected chi connectivity index (χ0v) is 26.5. The van der Waals surface area contributed by atoms with Gasteiger partial charge in [0.05, 0.1) is 23.2 Å². The van der Waals surface area contributed by atoms with Crippen molar-refractivity contribution in [1.29, 1.82) is 5.26 Å². The Morgan fingerprint density at radius 1 is 1.09 bits per heavy atom. The van der Waals surface area contributed by atoms with Crippen LogP contribution in [0.1, 0.15) is 92.7 Å². The fraction of sp³-hybridized carbons (Fsp3) is 0.600. The number of anilines is 2. The monoisotopic (exact) mass is 609 g/mol. The molecule has 0 saturated carbocycles. The SMILES string of the molecule is C[C@H](Oc1cc(N2CCC[C@]3(CCO3)C2)nc(-c2noc3c2CCC[C@@]32CCCc3ccc(N)c(C#N)c32)n1)[C@@H]1CCCN1C. The summed E-state index contributed by atoms with van der Waals surface area (Å²) in [5.41, 5.74) is 10.9. The Hall–Kier alpha value is -3.68. The van der Waals surface area contributed by atoms with Crippen LogP contribution in [-0.2, 0) is 23.0 Å². The van der Waals surface area contributed by atoms with E-state index in [9.17, 15) is 5.26 Å². The molecule has 0 amide bonds. The molecule has 0 bridgehead atoms. The highest BCUT2D eigenvalue weighted by molar-refractivity contribution is 5.67. The Morgan fingerprint density at radius 2 is 1.93 bits per heavy atom. The van der Waals surface area contributed by atoms with Crippen LogP contribution < -0.4 is 15.4 Å². The maximum absolute atomic E-state index is 10.2. The van der Waals surface area contributed by atoms with E-state index in [1.807, 2.05) is 12.1 Å². The lowest BCUT2D eigenvalue weighted by molar-refractivity contribution is -0.151. The molecule has 3 fully saturated rings. The minimum absolute atomic E-state index is 0.0149. The molecule has 2 aromatic heterocycles. The van der Waals surface area contributed by atoms with E-state index in [0.29, 0.717) is 34.7 Å². The molecule has 10 heteroatoms. The second kappa shape index (κ2) is 11.0. The molecule has 236 valence electrons. The van der Waals surface area contributed by atoms with E-state index in [1.165, 1.54) is 12.0 Å². The minimum atomic E-state index is -0.424. The first kappa shape index (κ1) is 28.8. The number of nitrogen functional groups attached to an aromatic ring is 1. The summed E-state index contributed by atoms with van der Waals surface area (Å²) in [6, 6.07) is 8.74. The van der Waals surface area contributed by atoms with Crippen molar-refractivity contribution in [1.82, 2.24) is 20.0 Å². The molecule has 2 spiro atoms. The molecule has 2 N–H and O–H groups in total. The van der Waals surface area contributed by atoms with Gasteiger partial charge in [-0.25, -0.2) is 4.98 Å². The van der Waals surface area contributed by atoms with Gasteiger partial charge >= 0.3 is 0 Å². The van der Waals surface area contributed by atoms with E-state index in [4.69, 9.17) is 34.9 Å². The van der Waals surface area contributed by atoms with Gasteiger partial charge in [-0.2, -0.15) is 10.2 Å². The fourth-order valence-electron chi connectivity index (χ4n) is 9.04. The molecular weight excluding hydrogens is 566 g/mol. The average molecular weight is 610 g/mol. The third kappa shape index (κ3) is 4.69. The van der Waals surface area contributed by atoms with Crippen LogP contribution in [0.15, 0.2) is 22.7 Å². The van der Waals surface area contributed by atoms with Crippen LogP contribution in [0.3, 0.4) is 0 Å². The van der Waals surface area contributed by atoms with E-state index >= 15 is 0 Å². The molecule has 5 aliphatic rings. The predicted octanol–water partition coefficient (Wildman–Crippen LogP) is 5.16. The molecular formula is C35H43N7O3. The molecule has 1 aromatic carbocycles. The third-order valence-corrected chi connectivity index (χ3v) is 11.4. The zero-order valence-electron chi connectivity index (χ0n) is 26.5. The number of likely N-dealkylation sites (tertiary alicyclic amines) is 1. The summed E-state index contributed by atoms with van der Waals surface area (Å²) >= 11 is 0. The number of likely N-dealkylation sites (N-methyl/N-ethyl adjacent to an activating group) is 1. The third-order valence-electron chi connectivity index (χ3n) is 11.4. The highest BCUT2D eigenvalue weighted by atomic mass is 16.5. The van der Waals surface area contributed by atoms with Gasteiger partial charge in [-0.05, 0) is 102 Å². The number of aryl methyl sites for hydroxylation is 1. The largest absolute Gasteiger partial charge is 0.473 e. The van der Waals surface area contributed by atoms with Crippen molar-refractivity contribution in [2.24, 2.45) is 0 Å². The van der Waals surface area contributed by atoms with Crippen molar-refractivity contribution in [3.05, 3.63) is 46.2 Å². The highest BCUT2D eigenvalue weighted by Gasteiger charge is 2.48. The molecule has 0 radical (unpaired) electrons. The molecule has 8 rings (SSSR count). The van der Waals surface area contributed by atoms with Gasteiger partial charge in [0.1, 0.15) is 18.0 Å². The molecule has 3 aliphatic heterocycles. The Kier molecular flexibility index (Phi) is 7.03. The molecule has 5 heterocycles. The van der Waals surface area contributed by atoms with Crippen LogP contribution in [0.4, 0.5) is 11.5 Å². The van der Waals surface area contributed by atoms with Crippen LogP contribution in [0.25, 0.3) is 11.5 Å². The maximum atomic E-state index is 10.2. The Balaban J connectivity index is 1.21. The topological polar surface area (TPSA) is 127 Å². The van der Waals surface area contributed by atoms with Crippen molar-refractivity contribution >= 4 is 11.5 Å². The lowest BCUT2D eigenvalue weighted by Crippen LogP contribution is -2.56. The van der Waals surface area contributed by atoms with E-state index in [0.717, 1.165) is 113 Å². The number of hydrogen-bond acceptors (Lipinski definition) is 10. The Morgan fingerprint density at radius 3 is 2.69 bits per heavy atom. The second-order valence-corrected chi connectivity index (χ2v) is 14.0. The first-order valence-corrected chi connectivity index (χ1v) is 16.9. The highest BCUT2D eigenvalue weighted by Crippen LogP contribution is 2.53. The lowest BCUT2D eigenvalue weighted by Gasteiger charge is -2.48. The smallest absolute Gasteiger partial charge is 0.219 e. The lowest BCUT2D eigenvalue weighted by atomic mass is 9.61. The number of piperidine rings is 1. The Bertz CT molecular complexity index is 1660. The number of aromatic nitrogens is 3. The number of nitrogens with two attached hydrogens (primary N) is 1. The fourth-order valence-corrected chi connectivity index (χ4v) is 9.04. The summed E-state index contributed by atoms with van der Waals surface area (Å²) in [7, 11) is 2.17. The van der Waals surface area contributed by atoms with Gasteiger partial charge < -0.3 is 24.6 Å². The summed E-state index contributed by atoms with van der Waals surface area (Å²) in [5, 5.41) is 14.9. The van der Waals surface area contributed by atoms with Crippen molar-refractivity contribution in [2.45, 2.75) is 101 Å². The van der Waals surface area contributed by atoms with E-state index in [1.54, 1.807) is 0 Å². The summed E-state index contributed by atoms with van der Waals surface area (Å²) in [4.78, 5) is 14.9. The van der Waals surface area contributed by atoms with Crippen molar-refractivity contribution in [2.75, 3.05) is 43.9 Å². The second-order valence-electron chi connectivity index (χ2n) is 14.0. The Labute approximate surface area is 264 Å². The van der Waals surface area contributed by atoms with Crippen LogP contribution in [-0.4, -0.2) is 71.1 Å². The standard InChI is InChI=1S/C35H43N7O3/c1-22(27-9-5-16-41(27)2)44-29-19-28(42-17-6-12-34(21-42)15-18-43-34)38-33(39-29)31-24-8-4-14-35(32(24)45-40-31)13-3-7-23-10-11-26(37)25(20-36)30(23)35/h10-11,19,22,27H,3-9,12-18,21,37H2,1-2H3/t22-,27-,34-,35+/m0/s1. The summed E-state index contributed by atoms with van der Waals surface area (Å²) in [6.45, 7) is 5.80. The van der Waals surface area contributed by atoms with Crippen molar-refractivity contribution in [3.8, 4) is 23.5 Å². The van der Waals surface area contributed by atoms with E-state index in [2.05, 4.69) is 35.9 Å². The van der Waals surface area contributed by atoms with Crippen LogP contribution in [0.2, 0.25) is 0 Å². The van der Waals surface area contributed by atoms with Crippen LogP contribution in [0.5, 0.6) is 5.88 Å². The van der Waals surface area contributed by atoms with Crippen LogP contribution >= 0.6 is 0 Å². The summed E-state index contributed by atoms with van der Waals surface area (Å²) in [5.74, 6) is 2.81. The van der Waals surface area contributed by atoms with Gasteiger partial charge in [0, 0.05) is 42.9 Å². The van der Waals surface area contributed by atoms with Gasteiger partial charge in [-0.15, -0.1) is 0 Å². The van der Waals surface area contributed by atoms with E-state index < -0.39 is 5.41 Å². The number of benzene rings is 1. The van der Waals surface area contributed by atoms with Gasteiger partial charge in [-0.1, -0.05) is 11.2 Å². The molecule has 10 nitrogen and oxygen atoms in total. The quantitative estimate of drug-likeness (QED) is 0.387. The molecule has 3 aromatic rings. The number of ether oxygens (including phenoxy) is 2. The van der Waals surface area contributed by atoms with Crippen molar-refractivity contribution in [3.63, 3.8) is 0 Å². The van der Waals surface area contributed by atoms with Crippen LogP contribution in [0, 0.1) is 11.3 Å². The number of rotatable bonds is 5. The first-order valence-electron chi connectivity index (χ1n) is 16.9. The summed E-state index contributed by atoms with van der Waals surface area (Å²) < 4.78 is 19.0. The number of nitriles is 1. The molecule has 45 heavy (non-hydrogen) atoms. The van der Waals surface area contributed by atoms with Gasteiger partial charge in [0.2, 0.25) is 5.88 Å².